The van der Waals surface area contributed by atoms with Crippen molar-refractivity contribution in [3.63, 3.8) is 0 Å². The zero-order chi connectivity index (χ0) is 22.1. The van der Waals surface area contributed by atoms with Crippen LogP contribution < -0.4 is 5.32 Å². The molecule has 3 atom stereocenters. The van der Waals surface area contributed by atoms with E-state index < -0.39 is 23.5 Å². The standard InChI is InChI=1S/C24H29N3O3/c1-14(2)24(5,13-25)27-22(28)16(4)30-23(29)21-17-8-6-7-9-19(17)26-20-11-10-15(3)12-18(20)21/h6-9,14-16H,10-12H2,1-5H3,(H,27,28)/t15-,16-,24+/m1/s1. The fraction of sp³-hybridized carbons (Fsp3) is 0.500. The van der Waals surface area contributed by atoms with E-state index >= 15 is 0 Å². The second-order valence-corrected chi connectivity index (χ2v) is 8.78. The van der Waals surface area contributed by atoms with Crippen molar-refractivity contribution in [1.29, 1.82) is 5.26 Å². The Balaban J connectivity index is 1.91. The van der Waals surface area contributed by atoms with Gasteiger partial charge in [0.25, 0.3) is 5.91 Å². The Bertz CT molecular complexity index is 1020. The highest BCUT2D eigenvalue weighted by atomic mass is 16.5. The van der Waals surface area contributed by atoms with E-state index in [2.05, 4.69) is 18.3 Å². The SMILES string of the molecule is CC(C)[C@](C)(C#N)NC(=O)[C@@H](C)OC(=O)c1c2c(nc3ccccc13)CC[C@@H](C)C2. The molecule has 3 rings (SSSR count). The Kier molecular flexibility index (Phi) is 6.12. The number of benzene rings is 1. The van der Waals surface area contributed by atoms with Gasteiger partial charge in [-0.3, -0.25) is 9.78 Å². The number of nitrogens with zero attached hydrogens (tertiary/aromatic N) is 2. The first kappa shape index (κ1) is 21.8. The van der Waals surface area contributed by atoms with Crippen molar-refractivity contribution in [2.75, 3.05) is 0 Å². The average molecular weight is 408 g/mol. The van der Waals surface area contributed by atoms with E-state index in [0.717, 1.165) is 41.4 Å². The number of para-hydroxylation sites is 1. The smallest absolute Gasteiger partial charge is 0.339 e. The second-order valence-electron chi connectivity index (χ2n) is 8.78. The maximum atomic E-state index is 13.2. The van der Waals surface area contributed by atoms with Crippen molar-refractivity contribution < 1.29 is 14.3 Å². The number of hydrogen-bond donors (Lipinski definition) is 1. The number of nitrogens with one attached hydrogen (secondary N) is 1. The number of aryl methyl sites for hydroxylation is 1. The minimum atomic E-state index is -1.03. The highest BCUT2D eigenvalue weighted by Crippen LogP contribution is 2.32. The summed E-state index contributed by atoms with van der Waals surface area (Å²) >= 11 is 0. The molecule has 0 saturated heterocycles. The highest BCUT2D eigenvalue weighted by Gasteiger charge is 2.33. The zero-order valence-electron chi connectivity index (χ0n) is 18.3. The number of fused-ring (bicyclic) bond motifs is 2. The van der Waals surface area contributed by atoms with Gasteiger partial charge in [0.05, 0.1) is 17.1 Å². The third-order valence-corrected chi connectivity index (χ3v) is 6.13. The molecule has 1 N–H and O–H groups in total. The van der Waals surface area contributed by atoms with E-state index in [-0.39, 0.29) is 5.92 Å². The van der Waals surface area contributed by atoms with Crippen molar-refractivity contribution in [2.45, 2.75) is 65.5 Å². The monoisotopic (exact) mass is 407 g/mol. The summed E-state index contributed by atoms with van der Waals surface area (Å²) in [5.41, 5.74) is 2.10. The van der Waals surface area contributed by atoms with Gasteiger partial charge in [-0.2, -0.15) is 5.26 Å². The van der Waals surface area contributed by atoms with E-state index in [1.807, 2.05) is 38.1 Å². The minimum absolute atomic E-state index is 0.0907. The summed E-state index contributed by atoms with van der Waals surface area (Å²) < 4.78 is 5.59. The van der Waals surface area contributed by atoms with Crippen molar-refractivity contribution in [3.8, 4) is 6.07 Å². The van der Waals surface area contributed by atoms with E-state index in [9.17, 15) is 14.9 Å². The van der Waals surface area contributed by atoms with Crippen LogP contribution in [0.1, 0.15) is 62.7 Å². The fourth-order valence-corrected chi connectivity index (χ4v) is 3.73. The topological polar surface area (TPSA) is 92.1 Å². The molecule has 1 aliphatic rings. The molecule has 1 aromatic heterocycles. The van der Waals surface area contributed by atoms with Crippen LogP contribution in [0.2, 0.25) is 0 Å². The van der Waals surface area contributed by atoms with Gasteiger partial charge in [-0.05, 0) is 56.6 Å². The van der Waals surface area contributed by atoms with E-state index in [1.54, 1.807) is 6.92 Å². The first-order valence-electron chi connectivity index (χ1n) is 10.5. The van der Waals surface area contributed by atoms with Gasteiger partial charge in [0.15, 0.2) is 6.10 Å². The summed E-state index contributed by atoms with van der Waals surface area (Å²) in [4.78, 5) is 30.6. The lowest BCUT2D eigenvalue weighted by Gasteiger charge is -2.29. The van der Waals surface area contributed by atoms with Gasteiger partial charge >= 0.3 is 5.97 Å². The van der Waals surface area contributed by atoms with E-state index in [0.29, 0.717) is 11.5 Å². The molecule has 2 aromatic rings. The maximum Gasteiger partial charge on any atom is 0.339 e. The van der Waals surface area contributed by atoms with Gasteiger partial charge < -0.3 is 10.1 Å². The molecule has 1 heterocycles. The van der Waals surface area contributed by atoms with Gasteiger partial charge in [0.2, 0.25) is 0 Å². The van der Waals surface area contributed by atoms with Gasteiger partial charge in [0.1, 0.15) is 5.54 Å². The predicted molar refractivity (Wildman–Crippen MR) is 115 cm³/mol. The molecule has 0 bridgehead atoms. The lowest BCUT2D eigenvalue weighted by molar-refractivity contribution is -0.130. The molecule has 0 aliphatic heterocycles. The number of carbonyl (C=O) groups is 2. The number of aromatic nitrogens is 1. The number of esters is 1. The van der Waals surface area contributed by atoms with E-state index in [1.165, 1.54) is 6.92 Å². The van der Waals surface area contributed by atoms with Gasteiger partial charge in [0, 0.05) is 11.1 Å². The summed E-state index contributed by atoms with van der Waals surface area (Å²) in [5.74, 6) is -0.645. The Morgan fingerprint density at radius 1 is 1.30 bits per heavy atom. The quantitative estimate of drug-likeness (QED) is 0.758. The third kappa shape index (κ3) is 4.16. The first-order valence-corrected chi connectivity index (χ1v) is 10.5. The Morgan fingerprint density at radius 2 is 2.00 bits per heavy atom. The summed E-state index contributed by atoms with van der Waals surface area (Å²) in [6, 6.07) is 9.67. The number of pyridine rings is 1. The molecular weight excluding hydrogens is 378 g/mol. The Morgan fingerprint density at radius 3 is 2.67 bits per heavy atom. The largest absolute Gasteiger partial charge is 0.449 e. The maximum absolute atomic E-state index is 13.2. The van der Waals surface area contributed by atoms with Gasteiger partial charge in [-0.1, -0.05) is 39.0 Å². The van der Waals surface area contributed by atoms with Crippen LogP contribution in [0.15, 0.2) is 24.3 Å². The van der Waals surface area contributed by atoms with E-state index in [4.69, 9.17) is 9.72 Å². The van der Waals surface area contributed by atoms with Crippen LogP contribution in [0, 0.1) is 23.2 Å². The van der Waals surface area contributed by atoms with Crippen LogP contribution >= 0.6 is 0 Å². The Labute approximate surface area is 177 Å². The van der Waals surface area contributed by atoms with Gasteiger partial charge in [-0.15, -0.1) is 0 Å². The summed E-state index contributed by atoms with van der Waals surface area (Å²) in [6.45, 7) is 9.08. The zero-order valence-corrected chi connectivity index (χ0v) is 18.3. The van der Waals surface area contributed by atoms with Crippen LogP contribution in [0.5, 0.6) is 0 Å². The molecule has 30 heavy (non-hydrogen) atoms. The van der Waals surface area contributed by atoms with Crippen molar-refractivity contribution in [3.05, 3.63) is 41.1 Å². The predicted octanol–water partition coefficient (Wildman–Crippen LogP) is 3.96. The molecule has 6 heteroatoms. The van der Waals surface area contributed by atoms with Crippen LogP contribution in [0.4, 0.5) is 0 Å². The minimum Gasteiger partial charge on any atom is -0.449 e. The fourth-order valence-electron chi connectivity index (χ4n) is 3.73. The number of rotatable bonds is 5. The van der Waals surface area contributed by atoms with Crippen molar-refractivity contribution in [1.82, 2.24) is 10.3 Å². The molecule has 0 unspecified atom stereocenters. The first-order chi connectivity index (χ1) is 14.2. The molecule has 0 spiro atoms. The molecule has 0 radical (unpaired) electrons. The van der Waals surface area contributed by atoms with Crippen LogP contribution in [0.3, 0.4) is 0 Å². The van der Waals surface area contributed by atoms with Crippen molar-refractivity contribution >= 4 is 22.8 Å². The Hall–Kier alpha value is -2.94. The molecule has 158 valence electrons. The lowest BCUT2D eigenvalue weighted by atomic mass is 9.84. The summed E-state index contributed by atoms with van der Waals surface area (Å²) in [5, 5.41) is 12.9. The van der Waals surface area contributed by atoms with Gasteiger partial charge in [-0.25, -0.2) is 4.79 Å². The third-order valence-electron chi connectivity index (χ3n) is 6.13. The molecule has 1 aliphatic carbocycles. The summed E-state index contributed by atoms with van der Waals surface area (Å²) in [6.07, 6.45) is 1.60. The number of amides is 1. The lowest BCUT2D eigenvalue weighted by Crippen LogP contribution is -2.52. The normalized spacial score (nSPS) is 18.8. The molecule has 1 aromatic carbocycles. The number of hydrogen-bond acceptors (Lipinski definition) is 5. The number of nitriles is 1. The molecular formula is C24H29N3O3. The van der Waals surface area contributed by atoms with Crippen LogP contribution in [-0.2, 0) is 22.4 Å². The van der Waals surface area contributed by atoms with Crippen LogP contribution in [0.25, 0.3) is 10.9 Å². The summed E-state index contributed by atoms with van der Waals surface area (Å²) in [7, 11) is 0. The van der Waals surface area contributed by atoms with Crippen LogP contribution in [-0.4, -0.2) is 28.5 Å². The molecule has 1 amide bonds. The second kappa shape index (κ2) is 8.43. The average Bonchev–Trinajstić information content (AvgIpc) is 2.71. The molecule has 6 nitrogen and oxygen atoms in total. The number of ether oxygens (including phenoxy) is 1. The highest BCUT2D eigenvalue weighted by molar-refractivity contribution is 6.05. The molecule has 0 saturated carbocycles. The molecule has 0 fully saturated rings. The van der Waals surface area contributed by atoms with Crippen molar-refractivity contribution in [2.24, 2.45) is 11.8 Å². The number of carbonyl (C=O) groups excluding carboxylic acids is 2.